The van der Waals surface area contributed by atoms with Gasteiger partial charge in [-0.15, -0.1) is 0 Å². The zero-order chi connectivity index (χ0) is 19.0. The molecule has 0 aromatic heterocycles. The van der Waals surface area contributed by atoms with Crippen molar-refractivity contribution in [2.24, 2.45) is 0 Å². The van der Waals surface area contributed by atoms with Gasteiger partial charge in [-0.25, -0.2) is 4.79 Å². The molecule has 0 aliphatic rings. The lowest BCUT2D eigenvalue weighted by Gasteiger charge is -2.18. The Morgan fingerprint density at radius 3 is 1.88 bits per heavy atom. The van der Waals surface area contributed by atoms with Crippen molar-refractivity contribution in [1.82, 2.24) is 0 Å². The average molecular weight is 358 g/mol. The van der Waals surface area contributed by atoms with Gasteiger partial charge in [-0.05, 0) is 63.1 Å². The van der Waals surface area contributed by atoms with Crippen LogP contribution < -0.4 is 9.47 Å². The van der Waals surface area contributed by atoms with Gasteiger partial charge in [0.05, 0.1) is 6.61 Å². The fourth-order valence-electron chi connectivity index (χ4n) is 2.19. The lowest BCUT2D eigenvalue weighted by atomic mass is 10.1. The van der Waals surface area contributed by atoms with Crippen LogP contribution >= 0.6 is 0 Å². The van der Waals surface area contributed by atoms with Crippen molar-refractivity contribution >= 4 is 6.16 Å². The molecule has 0 atom stereocenters. The van der Waals surface area contributed by atoms with Crippen LogP contribution in [0.25, 0.3) is 11.1 Å². The van der Waals surface area contributed by atoms with Crippen LogP contribution in [-0.4, -0.2) is 31.6 Å². The van der Waals surface area contributed by atoms with E-state index in [-0.39, 0.29) is 0 Å². The van der Waals surface area contributed by atoms with Gasteiger partial charge in [-0.2, -0.15) is 0 Å². The van der Waals surface area contributed by atoms with Crippen molar-refractivity contribution in [2.45, 2.75) is 33.3 Å². The molecule has 0 unspecified atom stereocenters. The first-order valence-corrected chi connectivity index (χ1v) is 8.69. The van der Waals surface area contributed by atoms with Gasteiger partial charge in [-0.1, -0.05) is 24.3 Å². The van der Waals surface area contributed by atoms with E-state index in [1.54, 1.807) is 32.9 Å². The third-order valence-electron chi connectivity index (χ3n) is 3.33. The maximum Gasteiger partial charge on any atom is 0.514 e. The highest BCUT2D eigenvalue weighted by Crippen LogP contribution is 2.25. The van der Waals surface area contributed by atoms with Gasteiger partial charge in [0.25, 0.3) is 0 Å². The number of hydrogen-bond acceptors (Lipinski definition) is 5. The molecule has 0 N–H and O–H groups in total. The maximum absolute atomic E-state index is 11.7. The molecular formula is C21H26O5. The van der Waals surface area contributed by atoms with E-state index < -0.39 is 11.8 Å². The normalized spacial score (nSPS) is 11.1. The third-order valence-corrected chi connectivity index (χ3v) is 3.33. The number of benzene rings is 2. The van der Waals surface area contributed by atoms with Crippen molar-refractivity contribution in [3.8, 4) is 22.6 Å². The van der Waals surface area contributed by atoms with E-state index >= 15 is 0 Å². The number of ether oxygens (including phenoxy) is 4. The van der Waals surface area contributed by atoms with Gasteiger partial charge < -0.3 is 18.9 Å². The summed E-state index contributed by atoms with van der Waals surface area (Å²) >= 11 is 0. The second-order valence-electron chi connectivity index (χ2n) is 6.66. The van der Waals surface area contributed by atoms with Crippen molar-refractivity contribution in [3.63, 3.8) is 0 Å². The quantitative estimate of drug-likeness (QED) is 0.392. The highest BCUT2D eigenvalue weighted by atomic mass is 16.7. The summed E-state index contributed by atoms with van der Waals surface area (Å²) in [7, 11) is 0. The highest BCUT2D eigenvalue weighted by Gasteiger charge is 2.17. The smallest absolute Gasteiger partial charge is 0.491 e. The molecule has 0 spiro atoms. The second-order valence-corrected chi connectivity index (χ2v) is 6.66. The van der Waals surface area contributed by atoms with Crippen LogP contribution in [0.3, 0.4) is 0 Å². The lowest BCUT2D eigenvalue weighted by molar-refractivity contribution is 0.0206. The Bertz CT molecular complexity index is 684. The molecule has 0 aliphatic carbocycles. The van der Waals surface area contributed by atoms with Crippen LogP contribution in [0.15, 0.2) is 48.5 Å². The van der Waals surface area contributed by atoms with E-state index in [0.717, 1.165) is 16.9 Å². The summed E-state index contributed by atoms with van der Waals surface area (Å²) in [6.45, 7) is 9.14. The summed E-state index contributed by atoms with van der Waals surface area (Å²) in [5, 5.41) is 0. The fourth-order valence-corrected chi connectivity index (χ4v) is 2.19. The molecule has 0 radical (unpaired) electrons. The first-order valence-electron chi connectivity index (χ1n) is 8.69. The summed E-state index contributed by atoms with van der Waals surface area (Å²) in [5.41, 5.74) is 1.48. The van der Waals surface area contributed by atoms with Crippen molar-refractivity contribution in [3.05, 3.63) is 48.5 Å². The highest BCUT2D eigenvalue weighted by molar-refractivity contribution is 5.67. The lowest BCUT2D eigenvalue weighted by Crippen LogP contribution is -2.25. The number of carbonyl (C=O) groups is 1. The van der Waals surface area contributed by atoms with Crippen molar-refractivity contribution in [1.29, 1.82) is 0 Å². The molecule has 0 saturated carbocycles. The second kappa shape index (κ2) is 9.25. The summed E-state index contributed by atoms with van der Waals surface area (Å²) < 4.78 is 21.2. The number of hydrogen-bond donors (Lipinski definition) is 0. The van der Waals surface area contributed by atoms with Gasteiger partial charge in [0.1, 0.15) is 23.7 Å². The van der Waals surface area contributed by atoms with Crippen molar-refractivity contribution in [2.75, 3.05) is 19.8 Å². The van der Waals surface area contributed by atoms with Gasteiger partial charge in [0, 0.05) is 6.61 Å². The average Bonchev–Trinajstić information content (AvgIpc) is 2.58. The Morgan fingerprint density at radius 2 is 1.38 bits per heavy atom. The molecule has 2 rings (SSSR count). The molecule has 140 valence electrons. The Balaban J connectivity index is 1.92. The van der Waals surface area contributed by atoms with Gasteiger partial charge in [0.15, 0.2) is 0 Å². The first-order chi connectivity index (χ1) is 12.4. The van der Waals surface area contributed by atoms with Crippen molar-refractivity contribution < 1.29 is 23.7 Å². The molecule has 5 heteroatoms. The predicted molar refractivity (Wildman–Crippen MR) is 101 cm³/mol. The van der Waals surface area contributed by atoms with Crippen LogP contribution in [0.1, 0.15) is 27.7 Å². The molecule has 0 heterocycles. The third kappa shape index (κ3) is 6.76. The molecule has 0 amide bonds. The minimum atomic E-state index is -0.709. The summed E-state index contributed by atoms with van der Waals surface area (Å²) in [5.74, 6) is 1.25. The first kappa shape index (κ1) is 19.8. The van der Waals surface area contributed by atoms with E-state index in [1.807, 2.05) is 43.3 Å². The van der Waals surface area contributed by atoms with Gasteiger partial charge in [-0.3, -0.25) is 0 Å². The molecule has 5 nitrogen and oxygen atoms in total. The van der Waals surface area contributed by atoms with Crippen LogP contribution in [0.5, 0.6) is 11.5 Å². The molecule has 0 aliphatic heterocycles. The molecule has 2 aromatic rings. The topological polar surface area (TPSA) is 54.0 Å². The van der Waals surface area contributed by atoms with Gasteiger partial charge >= 0.3 is 6.16 Å². The van der Waals surface area contributed by atoms with Crippen LogP contribution in [0.2, 0.25) is 0 Å². The standard InChI is InChI=1S/C21H26O5/c1-5-23-14-15-24-18-10-6-16(7-11-18)17-8-12-19(13-9-17)25-20(22)26-21(2,3)4/h6-13H,5,14-15H2,1-4H3. The van der Waals surface area contributed by atoms with E-state index in [2.05, 4.69) is 0 Å². The minimum Gasteiger partial charge on any atom is -0.491 e. The van der Waals surface area contributed by atoms with Crippen LogP contribution in [-0.2, 0) is 9.47 Å². The summed E-state index contributed by atoms with van der Waals surface area (Å²) in [6, 6.07) is 15.1. The largest absolute Gasteiger partial charge is 0.514 e. The molecule has 0 bridgehead atoms. The molecule has 2 aromatic carbocycles. The van der Waals surface area contributed by atoms with E-state index in [1.165, 1.54) is 0 Å². The van der Waals surface area contributed by atoms with Crippen LogP contribution in [0.4, 0.5) is 4.79 Å². The molecule has 26 heavy (non-hydrogen) atoms. The predicted octanol–water partition coefficient (Wildman–Crippen LogP) is 5.08. The Hall–Kier alpha value is -2.53. The molecule has 0 fully saturated rings. The Labute approximate surface area is 154 Å². The summed E-state index contributed by atoms with van der Waals surface area (Å²) in [4.78, 5) is 11.7. The Kier molecular flexibility index (Phi) is 7.04. The zero-order valence-electron chi connectivity index (χ0n) is 15.8. The number of rotatable bonds is 7. The molecule has 0 saturated heterocycles. The van der Waals surface area contributed by atoms with E-state index in [4.69, 9.17) is 18.9 Å². The van der Waals surface area contributed by atoms with E-state index in [0.29, 0.717) is 25.6 Å². The van der Waals surface area contributed by atoms with Gasteiger partial charge in [0.2, 0.25) is 0 Å². The fraction of sp³-hybridized carbons (Fsp3) is 0.381. The minimum absolute atomic E-state index is 0.443. The summed E-state index contributed by atoms with van der Waals surface area (Å²) in [6.07, 6.45) is -0.709. The number of carbonyl (C=O) groups excluding carboxylic acids is 1. The SMILES string of the molecule is CCOCCOc1ccc(-c2ccc(OC(=O)OC(C)(C)C)cc2)cc1. The zero-order valence-corrected chi connectivity index (χ0v) is 15.8. The van der Waals surface area contributed by atoms with Crippen LogP contribution in [0, 0.1) is 0 Å². The monoisotopic (exact) mass is 358 g/mol. The Morgan fingerprint density at radius 1 is 0.846 bits per heavy atom. The maximum atomic E-state index is 11.7. The molecular weight excluding hydrogens is 332 g/mol. The van der Waals surface area contributed by atoms with E-state index in [9.17, 15) is 4.79 Å².